The minimum absolute atomic E-state index is 0.640. The lowest BCUT2D eigenvalue weighted by atomic mass is 10.0. The van der Waals surface area contributed by atoms with Crippen LogP contribution in [-0.4, -0.2) is 6.72 Å². The standard InChI is InChI=1S/C20H15NO/c1-21-13-14-5-4-6-15(11-14)16-9-10-18-17-7-2-3-8-19(17)22-20(18)12-16/h2-12H,1,13H2. The first kappa shape index (κ1) is 12.8. The fourth-order valence-electron chi connectivity index (χ4n) is 2.88. The van der Waals surface area contributed by atoms with Gasteiger partial charge < -0.3 is 4.42 Å². The van der Waals surface area contributed by atoms with Gasteiger partial charge in [0.05, 0.1) is 6.54 Å². The molecular formula is C20H15NO. The molecular weight excluding hydrogens is 270 g/mol. The summed E-state index contributed by atoms with van der Waals surface area (Å²) in [4.78, 5) is 3.95. The van der Waals surface area contributed by atoms with Gasteiger partial charge in [0.25, 0.3) is 0 Å². The van der Waals surface area contributed by atoms with Gasteiger partial charge in [-0.2, -0.15) is 0 Å². The second-order valence-corrected chi connectivity index (χ2v) is 5.39. The molecule has 0 fully saturated rings. The zero-order chi connectivity index (χ0) is 14.9. The molecule has 0 aliphatic carbocycles. The molecule has 3 aromatic carbocycles. The number of hydrogen-bond donors (Lipinski definition) is 0. The third-order valence-electron chi connectivity index (χ3n) is 3.93. The molecule has 0 bridgehead atoms. The van der Waals surface area contributed by atoms with Crippen LogP contribution in [0.3, 0.4) is 0 Å². The highest BCUT2D eigenvalue weighted by molar-refractivity contribution is 6.05. The second kappa shape index (κ2) is 5.15. The van der Waals surface area contributed by atoms with E-state index in [-0.39, 0.29) is 0 Å². The second-order valence-electron chi connectivity index (χ2n) is 5.39. The number of benzene rings is 3. The monoisotopic (exact) mass is 285 g/mol. The molecule has 0 spiro atoms. The Hall–Kier alpha value is -2.87. The summed E-state index contributed by atoms with van der Waals surface area (Å²) in [5.41, 5.74) is 5.34. The van der Waals surface area contributed by atoms with Crippen LogP contribution in [0.2, 0.25) is 0 Å². The van der Waals surface area contributed by atoms with Gasteiger partial charge in [0.1, 0.15) is 11.2 Å². The van der Waals surface area contributed by atoms with E-state index in [1.807, 2.05) is 18.2 Å². The summed E-state index contributed by atoms with van der Waals surface area (Å²) in [5.74, 6) is 0. The van der Waals surface area contributed by atoms with Crippen molar-refractivity contribution in [1.29, 1.82) is 0 Å². The number of nitrogens with zero attached hydrogens (tertiary/aromatic N) is 1. The Labute approximate surface area is 128 Å². The van der Waals surface area contributed by atoms with Crippen LogP contribution in [0.4, 0.5) is 0 Å². The minimum Gasteiger partial charge on any atom is -0.456 e. The third-order valence-corrected chi connectivity index (χ3v) is 3.93. The topological polar surface area (TPSA) is 25.5 Å². The van der Waals surface area contributed by atoms with Crippen LogP contribution in [0, 0.1) is 0 Å². The van der Waals surface area contributed by atoms with Gasteiger partial charge in [-0.05, 0) is 47.7 Å². The predicted molar refractivity (Wildman–Crippen MR) is 92.4 cm³/mol. The maximum atomic E-state index is 5.96. The van der Waals surface area contributed by atoms with Crippen molar-refractivity contribution in [2.75, 3.05) is 0 Å². The van der Waals surface area contributed by atoms with E-state index in [0.29, 0.717) is 6.54 Å². The van der Waals surface area contributed by atoms with Crippen molar-refractivity contribution in [3.63, 3.8) is 0 Å². The molecule has 2 nitrogen and oxygen atoms in total. The average Bonchev–Trinajstić information content (AvgIpc) is 2.93. The lowest BCUT2D eigenvalue weighted by Crippen LogP contribution is -1.83. The summed E-state index contributed by atoms with van der Waals surface area (Å²) >= 11 is 0. The van der Waals surface area contributed by atoms with E-state index in [1.54, 1.807) is 0 Å². The van der Waals surface area contributed by atoms with Crippen LogP contribution in [0.5, 0.6) is 0 Å². The number of rotatable bonds is 3. The van der Waals surface area contributed by atoms with E-state index in [9.17, 15) is 0 Å². The third kappa shape index (κ3) is 2.09. The Morgan fingerprint density at radius 2 is 1.59 bits per heavy atom. The van der Waals surface area contributed by atoms with Gasteiger partial charge in [-0.15, -0.1) is 0 Å². The van der Waals surface area contributed by atoms with Crippen molar-refractivity contribution < 1.29 is 4.42 Å². The minimum atomic E-state index is 0.640. The highest BCUT2D eigenvalue weighted by Gasteiger charge is 2.08. The number of furan rings is 1. The molecule has 0 radical (unpaired) electrons. The molecule has 2 heteroatoms. The molecule has 0 aliphatic heterocycles. The normalized spacial score (nSPS) is 11.1. The fourth-order valence-corrected chi connectivity index (χ4v) is 2.88. The summed E-state index contributed by atoms with van der Waals surface area (Å²) < 4.78 is 5.96. The van der Waals surface area contributed by atoms with Crippen molar-refractivity contribution in [2.45, 2.75) is 6.54 Å². The van der Waals surface area contributed by atoms with Crippen LogP contribution in [-0.2, 0) is 6.54 Å². The Morgan fingerprint density at radius 3 is 2.50 bits per heavy atom. The van der Waals surface area contributed by atoms with E-state index in [0.717, 1.165) is 33.1 Å². The maximum Gasteiger partial charge on any atom is 0.136 e. The van der Waals surface area contributed by atoms with E-state index < -0.39 is 0 Å². The van der Waals surface area contributed by atoms with Crippen molar-refractivity contribution in [2.24, 2.45) is 4.99 Å². The molecule has 22 heavy (non-hydrogen) atoms. The summed E-state index contributed by atoms with van der Waals surface area (Å²) in [6.07, 6.45) is 0. The van der Waals surface area contributed by atoms with Gasteiger partial charge in [0.2, 0.25) is 0 Å². The molecule has 4 aromatic rings. The molecule has 0 amide bonds. The highest BCUT2D eigenvalue weighted by Crippen LogP contribution is 2.32. The van der Waals surface area contributed by atoms with Crippen LogP contribution in [0.15, 0.2) is 76.1 Å². The molecule has 106 valence electrons. The first-order valence-corrected chi connectivity index (χ1v) is 7.28. The SMILES string of the molecule is C=NCc1cccc(-c2ccc3c(c2)oc2ccccc23)c1. The van der Waals surface area contributed by atoms with Gasteiger partial charge in [-0.25, -0.2) is 0 Å². The molecule has 0 saturated carbocycles. The van der Waals surface area contributed by atoms with Crippen molar-refractivity contribution in [3.05, 3.63) is 72.3 Å². The average molecular weight is 285 g/mol. The van der Waals surface area contributed by atoms with Gasteiger partial charge in [0, 0.05) is 10.8 Å². The van der Waals surface area contributed by atoms with Crippen molar-refractivity contribution in [1.82, 2.24) is 0 Å². The van der Waals surface area contributed by atoms with Gasteiger partial charge in [-0.3, -0.25) is 4.99 Å². The van der Waals surface area contributed by atoms with Crippen molar-refractivity contribution >= 4 is 28.7 Å². The lowest BCUT2D eigenvalue weighted by Gasteiger charge is -2.04. The maximum absolute atomic E-state index is 5.96. The summed E-state index contributed by atoms with van der Waals surface area (Å²) in [6.45, 7) is 4.20. The Morgan fingerprint density at radius 1 is 0.773 bits per heavy atom. The van der Waals surface area contributed by atoms with Gasteiger partial charge >= 0.3 is 0 Å². The zero-order valence-electron chi connectivity index (χ0n) is 12.1. The number of aliphatic imine (C=N–C) groups is 1. The van der Waals surface area contributed by atoms with Crippen LogP contribution < -0.4 is 0 Å². The summed E-state index contributed by atoms with van der Waals surface area (Å²) in [7, 11) is 0. The largest absolute Gasteiger partial charge is 0.456 e. The van der Waals surface area contributed by atoms with Crippen LogP contribution in [0.1, 0.15) is 5.56 Å². The van der Waals surface area contributed by atoms with E-state index in [2.05, 4.69) is 60.2 Å². The Bertz CT molecular complexity index is 981. The molecule has 4 rings (SSSR count). The first-order valence-electron chi connectivity index (χ1n) is 7.28. The lowest BCUT2D eigenvalue weighted by molar-refractivity contribution is 0.669. The van der Waals surface area contributed by atoms with E-state index in [4.69, 9.17) is 4.42 Å². The molecule has 0 atom stereocenters. The molecule has 1 heterocycles. The zero-order valence-corrected chi connectivity index (χ0v) is 12.1. The predicted octanol–water partition coefficient (Wildman–Crippen LogP) is 5.45. The number of para-hydroxylation sites is 1. The molecule has 0 saturated heterocycles. The smallest absolute Gasteiger partial charge is 0.136 e. The molecule has 0 N–H and O–H groups in total. The molecule has 0 unspecified atom stereocenters. The number of fused-ring (bicyclic) bond motifs is 3. The molecule has 1 aromatic heterocycles. The molecule has 0 aliphatic rings. The summed E-state index contributed by atoms with van der Waals surface area (Å²) in [5, 5.41) is 2.32. The van der Waals surface area contributed by atoms with Gasteiger partial charge in [0.15, 0.2) is 0 Å². The van der Waals surface area contributed by atoms with Crippen molar-refractivity contribution in [3.8, 4) is 11.1 Å². The van der Waals surface area contributed by atoms with Gasteiger partial charge in [-0.1, -0.05) is 42.5 Å². The quantitative estimate of drug-likeness (QED) is 0.459. The van der Waals surface area contributed by atoms with Crippen LogP contribution >= 0.6 is 0 Å². The fraction of sp³-hybridized carbons (Fsp3) is 0.0500. The van der Waals surface area contributed by atoms with E-state index >= 15 is 0 Å². The highest BCUT2D eigenvalue weighted by atomic mass is 16.3. The Balaban J connectivity index is 1.87. The summed E-state index contributed by atoms with van der Waals surface area (Å²) in [6, 6.07) is 22.9. The van der Waals surface area contributed by atoms with E-state index in [1.165, 1.54) is 5.56 Å². The Kier molecular flexibility index (Phi) is 3.01. The first-order chi connectivity index (χ1) is 10.8. The van der Waals surface area contributed by atoms with Crippen LogP contribution in [0.25, 0.3) is 33.1 Å². The number of hydrogen-bond acceptors (Lipinski definition) is 2.